The minimum Gasteiger partial charge on any atom is -0.308 e. The van der Waals surface area contributed by atoms with Crippen molar-refractivity contribution < 1.29 is 13.2 Å². The van der Waals surface area contributed by atoms with Crippen molar-refractivity contribution in [1.29, 1.82) is 0 Å². The van der Waals surface area contributed by atoms with Crippen molar-refractivity contribution in [2.45, 2.75) is 43.6 Å². The van der Waals surface area contributed by atoms with Crippen molar-refractivity contribution in [1.82, 2.24) is 9.55 Å². The third-order valence-corrected chi connectivity index (χ3v) is 7.34. The molecule has 7 heteroatoms. The second-order valence-corrected chi connectivity index (χ2v) is 9.66. The molecule has 4 rings (SSSR count). The molecule has 0 unspecified atom stereocenters. The second-order valence-electron chi connectivity index (χ2n) is 7.50. The molecule has 0 N–H and O–H groups in total. The predicted octanol–water partition coefficient (Wildman–Crippen LogP) is 3.32. The summed E-state index contributed by atoms with van der Waals surface area (Å²) < 4.78 is 28.2. The van der Waals surface area contributed by atoms with Crippen molar-refractivity contribution >= 4 is 21.4 Å². The number of hydrogen-bond donors (Lipinski definition) is 0. The van der Waals surface area contributed by atoms with E-state index in [4.69, 9.17) is 0 Å². The summed E-state index contributed by atoms with van der Waals surface area (Å²) in [5, 5.41) is -1.37. The summed E-state index contributed by atoms with van der Waals surface area (Å²) >= 11 is 0. The second kappa shape index (κ2) is 7.15. The van der Waals surface area contributed by atoms with Crippen LogP contribution in [-0.4, -0.2) is 35.2 Å². The van der Waals surface area contributed by atoms with Gasteiger partial charge in [0.05, 0.1) is 0 Å². The third kappa shape index (κ3) is 3.25. The molecule has 0 aliphatic carbocycles. The van der Waals surface area contributed by atoms with Gasteiger partial charge >= 0.3 is 0 Å². The molecule has 2 heterocycles. The van der Waals surface area contributed by atoms with Crippen LogP contribution in [0.1, 0.15) is 25.0 Å². The minimum atomic E-state index is -3.99. The van der Waals surface area contributed by atoms with Crippen LogP contribution in [0.15, 0.2) is 66.1 Å². The normalized spacial score (nSPS) is 17.2. The summed E-state index contributed by atoms with van der Waals surface area (Å²) in [7, 11) is -3.99. The van der Waals surface area contributed by atoms with Crippen LogP contribution in [0.4, 0.5) is 5.69 Å². The maximum Gasteiger partial charge on any atom is 0.245 e. The first-order valence-corrected chi connectivity index (χ1v) is 11.1. The quantitative estimate of drug-likeness (QED) is 0.663. The summed E-state index contributed by atoms with van der Waals surface area (Å²) in [6.45, 7) is 5.32. The van der Waals surface area contributed by atoms with Crippen LogP contribution in [0, 0.1) is 6.92 Å². The smallest absolute Gasteiger partial charge is 0.245 e. The van der Waals surface area contributed by atoms with Gasteiger partial charge in [0.2, 0.25) is 20.9 Å². The van der Waals surface area contributed by atoms with Crippen LogP contribution in [-0.2, 0) is 21.1 Å². The molecule has 3 aromatic rings. The van der Waals surface area contributed by atoms with E-state index in [1.165, 1.54) is 17.7 Å². The Morgan fingerprint density at radius 2 is 1.93 bits per heavy atom. The van der Waals surface area contributed by atoms with Gasteiger partial charge in [-0.2, -0.15) is 0 Å². The third-order valence-electron chi connectivity index (χ3n) is 5.40. The Morgan fingerprint density at radius 1 is 1.17 bits per heavy atom. The topological polar surface area (TPSA) is 72.3 Å². The maximum atomic E-state index is 13.4. The lowest BCUT2D eigenvalue weighted by Crippen LogP contribution is -2.45. The number of benzene rings is 2. The highest BCUT2D eigenvalue weighted by molar-refractivity contribution is 7.92. The summed E-state index contributed by atoms with van der Waals surface area (Å²) in [6.07, 6.45) is 3.76. The van der Waals surface area contributed by atoms with E-state index in [1.807, 2.05) is 62.4 Å². The van der Waals surface area contributed by atoms with Crippen LogP contribution >= 0.6 is 0 Å². The van der Waals surface area contributed by atoms with Gasteiger partial charge in [-0.05, 0) is 56.5 Å². The van der Waals surface area contributed by atoms with Crippen LogP contribution in [0.2, 0.25) is 0 Å². The summed E-state index contributed by atoms with van der Waals surface area (Å²) in [5.74, 6) is -0.429. The van der Waals surface area contributed by atoms with E-state index in [0.717, 1.165) is 16.8 Å². The van der Waals surface area contributed by atoms with E-state index in [-0.39, 0.29) is 11.2 Å². The molecule has 0 saturated carbocycles. The average molecular weight is 410 g/mol. The molecule has 0 saturated heterocycles. The highest BCUT2D eigenvalue weighted by Crippen LogP contribution is 2.33. The molecule has 29 heavy (non-hydrogen) atoms. The summed E-state index contributed by atoms with van der Waals surface area (Å²) in [6, 6.07) is 15.0. The van der Waals surface area contributed by atoms with Gasteiger partial charge in [0.1, 0.15) is 5.25 Å². The predicted molar refractivity (Wildman–Crippen MR) is 112 cm³/mol. The lowest BCUT2D eigenvalue weighted by molar-refractivity contribution is -0.118. The Kier molecular flexibility index (Phi) is 4.78. The zero-order valence-corrected chi connectivity index (χ0v) is 17.4. The van der Waals surface area contributed by atoms with E-state index < -0.39 is 21.0 Å². The molecular weight excluding hydrogens is 386 g/mol. The first kappa shape index (κ1) is 19.4. The van der Waals surface area contributed by atoms with Gasteiger partial charge in [-0.15, -0.1) is 0 Å². The summed E-state index contributed by atoms with van der Waals surface area (Å²) in [4.78, 5) is 19.0. The molecule has 0 spiro atoms. The molecule has 0 fully saturated rings. The van der Waals surface area contributed by atoms with Crippen LogP contribution in [0.3, 0.4) is 0 Å². The highest BCUT2D eigenvalue weighted by Gasteiger charge is 2.40. The van der Waals surface area contributed by atoms with Crippen LogP contribution < -0.4 is 4.90 Å². The molecule has 1 amide bonds. The Balaban J connectivity index is 1.71. The van der Waals surface area contributed by atoms with E-state index >= 15 is 0 Å². The number of aromatic nitrogens is 2. The van der Waals surface area contributed by atoms with Crippen molar-refractivity contribution in [2.75, 3.05) is 4.90 Å². The van der Waals surface area contributed by atoms with Gasteiger partial charge in [0, 0.05) is 29.8 Å². The fraction of sp³-hybridized carbons (Fsp3) is 0.273. The van der Waals surface area contributed by atoms with E-state index in [0.29, 0.717) is 12.1 Å². The Hall–Kier alpha value is -2.93. The maximum absolute atomic E-state index is 13.4. The van der Waals surface area contributed by atoms with E-state index in [1.54, 1.807) is 11.1 Å². The molecule has 2 aromatic carbocycles. The number of carbonyl (C=O) groups is 1. The first-order valence-electron chi connectivity index (χ1n) is 9.56. The number of fused-ring (bicyclic) bond motifs is 1. The average Bonchev–Trinajstić information content (AvgIpc) is 3.31. The highest BCUT2D eigenvalue weighted by atomic mass is 32.2. The standard InChI is InChI=1S/C22H23N3O3S/c1-15-7-6-9-19(13-15)24-12-11-23-22(24)29(27,28)17(3)21(26)25-16(2)14-18-8-4-5-10-20(18)25/h4-13,16-17H,14H2,1-3H3/t16-,17+/m1/s1. The van der Waals surface area contributed by atoms with Crippen molar-refractivity contribution in [2.24, 2.45) is 0 Å². The lowest BCUT2D eigenvalue weighted by Gasteiger charge is -2.26. The van der Waals surface area contributed by atoms with Gasteiger partial charge < -0.3 is 4.90 Å². The molecule has 0 radical (unpaired) electrons. The largest absolute Gasteiger partial charge is 0.308 e. The van der Waals surface area contributed by atoms with Crippen molar-refractivity contribution in [3.8, 4) is 5.69 Å². The van der Waals surface area contributed by atoms with E-state index in [9.17, 15) is 13.2 Å². The minimum absolute atomic E-state index is 0.0888. The summed E-state index contributed by atoms with van der Waals surface area (Å²) in [5.41, 5.74) is 3.54. The molecule has 1 aliphatic heterocycles. The molecule has 0 bridgehead atoms. The Labute approximate surface area is 170 Å². The van der Waals surface area contributed by atoms with Gasteiger partial charge in [0.25, 0.3) is 0 Å². The zero-order chi connectivity index (χ0) is 20.8. The molecule has 150 valence electrons. The van der Waals surface area contributed by atoms with Gasteiger partial charge in [-0.1, -0.05) is 30.3 Å². The number of rotatable bonds is 4. The van der Waals surface area contributed by atoms with Gasteiger partial charge in [0.15, 0.2) is 0 Å². The number of para-hydroxylation sites is 1. The van der Waals surface area contributed by atoms with E-state index in [2.05, 4.69) is 4.98 Å². The van der Waals surface area contributed by atoms with Crippen molar-refractivity contribution in [3.63, 3.8) is 0 Å². The van der Waals surface area contributed by atoms with Gasteiger partial charge in [-0.3, -0.25) is 9.36 Å². The zero-order valence-electron chi connectivity index (χ0n) is 16.6. The number of nitrogens with zero attached hydrogens (tertiary/aromatic N) is 3. The lowest BCUT2D eigenvalue weighted by atomic mass is 10.1. The molecule has 6 nitrogen and oxygen atoms in total. The number of aryl methyl sites for hydroxylation is 1. The van der Waals surface area contributed by atoms with Crippen LogP contribution in [0.25, 0.3) is 5.69 Å². The number of carbonyl (C=O) groups excluding carboxylic acids is 1. The number of anilines is 1. The van der Waals surface area contributed by atoms with Gasteiger partial charge in [-0.25, -0.2) is 13.4 Å². The fourth-order valence-corrected chi connectivity index (χ4v) is 5.21. The molecule has 1 aliphatic rings. The Morgan fingerprint density at radius 3 is 2.69 bits per heavy atom. The number of amides is 1. The molecule has 2 atom stereocenters. The van der Waals surface area contributed by atoms with Crippen LogP contribution in [0.5, 0.6) is 0 Å². The fourth-order valence-electron chi connectivity index (χ4n) is 3.86. The van der Waals surface area contributed by atoms with Crippen molar-refractivity contribution in [3.05, 3.63) is 72.1 Å². The molecule has 1 aromatic heterocycles. The first-order chi connectivity index (χ1) is 13.8. The number of imidazole rings is 1. The Bertz CT molecular complexity index is 1180. The number of hydrogen-bond acceptors (Lipinski definition) is 4. The number of sulfone groups is 1. The SMILES string of the molecule is Cc1cccc(-n2ccnc2S(=O)(=O)[C@@H](C)C(=O)N2c3ccccc3C[C@H]2C)c1. The molecular formula is C22H23N3O3S. The monoisotopic (exact) mass is 409 g/mol.